The van der Waals surface area contributed by atoms with E-state index in [1.54, 1.807) is 0 Å². The van der Waals surface area contributed by atoms with E-state index in [1.165, 1.54) is 11.6 Å². The minimum atomic E-state index is -0.186. The summed E-state index contributed by atoms with van der Waals surface area (Å²) >= 11 is 0. The molecule has 2 unspecified atom stereocenters. The molecule has 17 heavy (non-hydrogen) atoms. The number of fused-ring (bicyclic) bond motifs is 1. The maximum absolute atomic E-state index is 11.4. The third kappa shape index (κ3) is 2.21. The van der Waals surface area contributed by atoms with Crippen LogP contribution in [0.4, 0.5) is 0 Å². The summed E-state index contributed by atoms with van der Waals surface area (Å²) in [5.41, 5.74) is 2.35. The lowest BCUT2D eigenvalue weighted by molar-refractivity contribution is -0.117. The molecule has 86 valence electrons. The minimum absolute atomic E-state index is 0.0589. The van der Waals surface area contributed by atoms with Crippen LogP contribution >= 0.6 is 0 Å². The second-order valence-electron chi connectivity index (χ2n) is 4.22. The van der Waals surface area contributed by atoms with Gasteiger partial charge >= 0.3 is 0 Å². The van der Waals surface area contributed by atoms with Crippen LogP contribution in [0, 0.1) is 17.2 Å². The molecular weight excluding hydrogens is 212 g/mol. The van der Waals surface area contributed by atoms with Crippen molar-refractivity contribution in [2.24, 2.45) is 5.92 Å². The predicted octanol–water partition coefficient (Wildman–Crippen LogP) is 2.12. The Hall–Kier alpha value is -2.08. The number of carbonyl (C=O) groups is 1. The molecule has 0 heterocycles. The molecule has 2 rings (SSSR count). The molecule has 0 saturated heterocycles. The quantitative estimate of drug-likeness (QED) is 0.802. The van der Waals surface area contributed by atoms with Gasteiger partial charge in [0.25, 0.3) is 0 Å². The Labute approximate surface area is 101 Å². The van der Waals surface area contributed by atoms with E-state index in [1.807, 2.05) is 18.2 Å². The van der Waals surface area contributed by atoms with Gasteiger partial charge in [0, 0.05) is 12.3 Å². The zero-order valence-electron chi connectivity index (χ0n) is 9.52. The molecule has 3 heteroatoms. The van der Waals surface area contributed by atoms with Crippen LogP contribution in [-0.2, 0) is 11.2 Å². The van der Waals surface area contributed by atoms with Gasteiger partial charge < -0.3 is 5.32 Å². The molecule has 3 nitrogen and oxygen atoms in total. The Bertz CT molecular complexity index is 487. The van der Waals surface area contributed by atoms with Gasteiger partial charge in [-0.05, 0) is 23.6 Å². The molecule has 0 fully saturated rings. The van der Waals surface area contributed by atoms with E-state index in [4.69, 9.17) is 5.26 Å². The highest BCUT2D eigenvalue weighted by Gasteiger charge is 2.32. The first-order valence-electron chi connectivity index (χ1n) is 5.64. The van der Waals surface area contributed by atoms with Crippen LogP contribution in [-0.4, -0.2) is 5.91 Å². The van der Waals surface area contributed by atoms with Crippen LogP contribution in [0.15, 0.2) is 36.9 Å². The van der Waals surface area contributed by atoms with Crippen LogP contribution < -0.4 is 5.32 Å². The van der Waals surface area contributed by atoms with Gasteiger partial charge in [-0.1, -0.05) is 30.8 Å². The van der Waals surface area contributed by atoms with Gasteiger partial charge in [0.1, 0.15) is 0 Å². The average molecular weight is 226 g/mol. The van der Waals surface area contributed by atoms with Gasteiger partial charge in [0.05, 0.1) is 12.1 Å². The van der Waals surface area contributed by atoms with Crippen LogP contribution in [0.1, 0.15) is 23.6 Å². The van der Waals surface area contributed by atoms with Gasteiger partial charge in [-0.2, -0.15) is 5.26 Å². The number of rotatable bonds is 3. The Morgan fingerprint density at radius 3 is 3.06 bits per heavy atom. The summed E-state index contributed by atoms with van der Waals surface area (Å²) in [6.45, 7) is 3.45. The lowest BCUT2D eigenvalue weighted by atomic mass is 9.97. The molecule has 0 radical (unpaired) electrons. The Morgan fingerprint density at radius 1 is 1.59 bits per heavy atom. The number of nitrogens with one attached hydrogen (secondary N) is 1. The number of carbonyl (C=O) groups excluding carboxylic acids is 1. The first-order valence-corrected chi connectivity index (χ1v) is 5.64. The number of hydrogen-bond donors (Lipinski definition) is 1. The molecule has 0 saturated carbocycles. The Morgan fingerprint density at radius 2 is 2.35 bits per heavy atom. The van der Waals surface area contributed by atoms with Crippen molar-refractivity contribution in [2.75, 3.05) is 0 Å². The van der Waals surface area contributed by atoms with Crippen molar-refractivity contribution in [1.82, 2.24) is 5.32 Å². The van der Waals surface area contributed by atoms with Crippen molar-refractivity contribution in [1.29, 1.82) is 5.26 Å². The Kier molecular flexibility index (Phi) is 3.24. The van der Waals surface area contributed by atoms with Crippen LogP contribution in [0.2, 0.25) is 0 Å². The SMILES string of the molecule is C=CC(=O)NC1c2ccccc2CC1CC#N. The maximum Gasteiger partial charge on any atom is 0.243 e. The van der Waals surface area contributed by atoms with E-state index in [0.717, 1.165) is 12.0 Å². The predicted molar refractivity (Wildman–Crippen MR) is 64.9 cm³/mol. The summed E-state index contributed by atoms with van der Waals surface area (Å²) < 4.78 is 0. The second-order valence-corrected chi connectivity index (χ2v) is 4.22. The number of nitriles is 1. The van der Waals surface area contributed by atoms with Crippen LogP contribution in [0.25, 0.3) is 0 Å². The molecule has 1 N–H and O–H groups in total. The van der Waals surface area contributed by atoms with Crippen molar-refractivity contribution in [3.05, 3.63) is 48.0 Å². The number of benzene rings is 1. The molecule has 1 aliphatic rings. The normalized spacial score (nSPS) is 21.4. The average Bonchev–Trinajstić information content (AvgIpc) is 2.68. The van der Waals surface area contributed by atoms with Crippen molar-refractivity contribution in [2.45, 2.75) is 18.9 Å². The first-order chi connectivity index (χ1) is 8.26. The van der Waals surface area contributed by atoms with Gasteiger partial charge in [0.2, 0.25) is 5.91 Å². The molecule has 1 aromatic carbocycles. The van der Waals surface area contributed by atoms with E-state index >= 15 is 0 Å². The highest BCUT2D eigenvalue weighted by atomic mass is 16.1. The topological polar surface area (TPSA) is 52.9 Å². The first kappa shape index (κ1) is 11.4. The fraction of sp³-hybridized carbons (Fsp3) is 0.286. The largest absolute Gasteiger partial charge is 0.345 e. The third-order valence-corrected chi connectivity index (χ3v) is 3.18. The molecular formula is C14H14N2O. The molecule has 1 amide bonds. The third-order valence-electron chi connectivity index (χ3n) is 3.18. The number of amides is 1. The smallest absolute Gasteiger partial charge is 0.243 e. The van der Waals surface area contributed by atoms with Gasteiger partial charge in [0.15, 0.2) is 0 Å². The molecule has 0 aromatic heterocycles. The fourth-order valence-electron chi connectivity index (χ4n) is 2.39. The lowest BCUT2D eigenvalue weighted by Crippen LogP contribution is -2.29. The maximum atomic E-state index is 11.4. The summed E-state index contributed by atoms with van der Waals surface area (Å²) in [5.74, 6) is -0.0176. The summed E-state index contributed by atoms with van der Waals surface area (Å²) in [6, 6.07) is 10.1. The highest BCUT2D eigenvalue weighted by molar-refractivity contribution is 5.87. The second kappa shape index (κ2) is 4.84. The molecule has 0 bridgehead atoms. The van der Waals surface area contributed by atoms with Gasteiger partial charge in [-0.25, -0.2) is 0 Å². The molecule has 0 spiro atoms. The van der Waals surface area contributed by atoms with E-state index in [-0.39, 0.29) is 17.9 Å². The van der Waals surface area contributed by atoms with E-state index in [2.05, 4.69) is 24.0 Å². The number of nitrogens with zero attached hydrogens (tertiary/aromatic N) is 1. The molecule has 2 atom stereocenters. The molecule has 0 aliphatic heterocycles. The Balaban J connectivity index is 2.27. The lowest BCUT2D eigenvalue weighted by Gasteiger charge is -2.19. The highest BCUT2D eigenvalue weighted by Crippen LogP contribution is 2.37. The monoisotopic (exact) mass is 226 g/mol. The van der Waals surface area contributed by atoms with Crippen LogP contribution in [0.5, 0.6) is 0 Å². The minimum Gasteiger partial charge on any atom is -0.345 e. The van der Waals surface area contributed by atoms with Crippen molar-refractivity contribution in [3.63, 3.8) is 0 Å². The van der Waals surface area contributed by atoms with Crippen molar-refractivity contribution < 1.29 is 4.79 Å². The van der Waals surface area contributed by atoms with Crippen molar-refractivity contribution in [3.8, 4) is 6.07 Å². The zero-order valence-corrected chi connectivity index (χ0v) is 9.52. The van der Waals surface area contributed by atoms with E-state index < -0.39 is 0 Å². The van der Waals surface area contributed by atoms with Crippen LogP contribution in [0.3, 0.4) is 0 Å². The van der Waals surface area contributed by atoms with Gasteiger partial charge in [-0.3, -0.25) is 4.79 Å². The molecule has 1 aliphatic carbocycles. The van der Waals surface area contributed by atoms with E-state index in [9.17, 15) is 4.79 Å². The van der Waals surface area contributed by atoms with Crippen molar-refractivity contribution >= 4 is 5.91 Å². The summed E-state index contributed by atoms with van der Waals surface area (Å²) in [6.07, 6.45) is 2.58. The zero-order chi connectivity index (χ0) is 12.3. The summed E-state index contributed by atoms with van der Waals surface area (Å²) in [4.78, 5) is 11.4. The standard InChI is InChI=1S/C14H14N2O/c1-2-13(17)16-14-11(7-8-15)9-10-5-3-4-6-12(10)14/h2-6,11,14H,1,7,9H2,(H,16,17). The summed E-state index contributed by atoms with van der Waals surface area (Å²) in [5, 5.41) is 11.7. The fourth-order valence-corrected chi connectivity index (χ4v) is 2.39. The van der Waals surface area contributed by atoms with E-state index in [0.29, 0.717) is 6.42 Å². The van der Waals surface area contributed by atoms with Gasteiger partial charge in [-0.15, -0.1) is 0 Å². The summed E-state index contributed by atoms with van der Waals surface area (Å²) in [7, 11) is 0. The molecule has 1 aromatic rings. The number of hydrogen-bond acceptors (Lipinski definition) is 2.